The monoisotopic (exact) mass is 304 g/mol. The number of nitrogens with zero attached hydrogens (tertiary/aromatic N) is 3. The minimum atomic E-state index is -0.397. The summed E-state index contributed by atoms with van der Waals surface area (Å²) < 4.78 is 1.25. The first-order chi connectivity index (χ1) is 10.2. The van der Waals surface area contributed by atoms with Crippen molar-refractivity contribution in [2.24, 2.45) is 0 Å². The molecule has 0 spiro atoms. The van der Waals surface area contributed by atoms with Crippen LogP contribution >= 0.6 is 11.6 Å². The van der Waals surface area contributed by atoms with Crippen LogP contribution in [0, 0.1) is 0 Å². The van der Waals surface area contributed by atoms with E-state index in [-0.39, 0.29) is 17.5 Å². The number of piperazine rings is 1. The van der Waals surface area contributed by atoms with Crippen LogP contribution in [-0.4, -0.2) is 35.3 Å². The van der Waals surface area contributed by atoms with Crippen molar-refractivity contribution in [1.29, 1.82) is 0 Å². The van der Waals surface area contributed by atoms with Gasteiger partial charge in [-0.1, -0.05) is 29.8 Å². The van der Waals surface area contributed by atoms with E-state index in [2.05, 4.69) is 10.4 Å². The maximum atomic E-state index is 12.4. The van der Waals surface area contributed by atoms with E-state index in [0.717, 1.165) is 0 Å². The Balaban J connectivity index is 2.01. The summed E-state index contributed by atoms with van der Waals surface area (Å²) in [6, 6.07) is 9.05. The Hall–Kier alpha value is -2.34. The van der Waals surface area contributed by atoms with Crippen LogP contribution in [0.25, 0.3) is 5.69 Å². The van der Waals surface area contributed by atoms with Gasteiger partial charge in [0.15, 0.2) is 0 Å². The lowest BCUT2D eigenvalue weighted by molar-refractivity contribution is -0.120. The van der Waals surface area contributed by atoms with Crippen LogP contribution in [0.4, 0.5) is 5.69 Å². The van der Waals surface area contributed by atoms with Crippen LogP contribution in [0.1, 0.15) is 0 Å². The molecular weight excluding hydrogens is 292 g/mol. The normalized spacial score (nSPS) is 14.9. The molecule has 1 saturated heterocycles. The SMILES string of the molecule is O=C1CN(c2cnn(-c3ccccc3)c(=O)c2Cl)CCN1. The Morgan fingerprint density at radius 1 is 1.19 bits per heavy atom. The van der Waals surface area contributed by atoms with E-state index >= 15 is 0 Å². The van der Waals surface area contributed by atoms with Gasteiger partial charge in [-0.15, -0.1) is 0 Å². The Bertz CT molecular complexity index is 729. The fourth-order valence-electron chi connectivity index (χ4n) is 2.24. The van der Waals surface area contributed by atoms with E-state index < -0.39 is 5.56 Å². The second-order valence-corrected chi connectivity index (χ2v) is 5.05. The number of nitrogens with one attached hydrogen (secondary N) is 1. The lowest BCUT2D eigenvalue weighted by atomic mass is 10.3. The van der Waals surface area contributed by atoms with Crippen LogP contribution in [-0.2, 0) is 4.79 Å². The summed E-state index contributed by atoms with van der Waals surface area (Å²) in [5.41, 5.74) is 0.738. The van der Waals surface area contributed by atoms with E-state index in [1.165, 1.54) is 10.9 Å². The van der Waals surface area contributed by atoms with Crippen molar-refractivity contribution >= 4 is 23.2 Å². The standard InChI is InChI=1S/C14H13ClN4O2/c15-13-11(18-7-6-16-12(20)9-18)8-17-19(14(13)21)10-4-2-1-3-5-10/h1-5,8H,6-7,9H2,(H,16,20). The second-order valence-electron chi connectivity index (χ2n) is 4.67. The van der Waals surface area contributed by atoms with Gasteiger partial charge in [0.05, 0.1) is 24.1 Å². The van der Waals surface area contributed by atoms with Gasteiger partial charge in [-0.3, -0.25) is 9.59 Å². The zero-order valence-corrected chi connectivity index (χ0v) is 11.9. The molecule has 0 radical (unpaired) electrons. The molecule has 1 fully saturated rings. The number of rotatable bonds is 2. The molecule has 1 N–H and O–H groups in total. The predicted molar refractivity (Wildman–Crippen MR) is 80.1 cm³/mol. The molecule has 1 aliphatic heterocycles. The molecule has 0 unspecified atom stereocenters. The van der Waals surface area contributed by atoms with E-state index in [1.54, 1.807) is 17.0 Å². The largest absolute Gasteiger partial charge is 0.358 e. The van der Waals surface area contributed by atoms with E-state index in [4.69, 9.17) is 11.6 Å². The molecule has 7 heteroatoms. The number of benzene rings is 1. The van der Waals surface area contributed by atoms with Crippen molar-refractivity contribution in [2.45, 2.75) is 0 Å². The number of aromatic nitrogens is 2. The van der Waals surface area contributed by atoms with Gasteiger partial charge in [-0.25, -0.2) is 0 Å². The zero-order valence-electron chi connectivity index (χ0n) is 11.1. The highest BCUT2D eigenvalue weighted by Crippen LogP contribution is 2.22. The summed E-state index contributed by atoms with van der Waals surface area (Å²) >= 11 is 6.18. The van der Waals surface area contributed by atoms with Crippen LogP contribution in [0.15, 0.2) is 41.3 Å². The molecule has 0 atom stereocenters. The molecule has 6 nitrogen and oxygen atoms in total. The lowest BCUT2D eigenvalue weighted by Gasteiger charge is -2.28. The molecule has 1 amide bonds. The van der Waals surface area contributed by atoms with Crippen molar-refractivity contribution in [3.8, 4) is 5.69 Å². The fraction of sp³-hybridized carbons (Fsp3) is 0.214. The highest BCUT2D eigenvalue weighted by Gasteiger charge is 2.21. The van der Waals surface area contributed by atoms with Gasteiger partial charge in [-0.05, 0) is 12.1 Å². The molecule has 2 heterocycles. The molecule has 0 aliphatic carbocycles. The number of hydrogen-bond acceptors (Lipinski definition) is 4. The van der Waals surface area contributed by atoms with Crippen molar-refractivity contribution in [2.75, 3.05) is 24.5 Å². The summed E-state index contributed by atoms with van der Waals surface area (Å²) in [7, 11) is 0. The van der Waals surface area contributed by atoms with Gasteiger partial charge in [0, 0.05) is 13.1 Å². The minimum absolute atomic E-state index is 0.0727. The number of amides is 1. The minimum Gasteiger partial charge on any atom is -0.358 e. The van der Waals surface area contributed by atoms with E-state index in [0.29, 0.717) is 24.5 Å². The summed E-state index contributed by atoms with van der Waals surface area (Å²) in [4.78, 5) is 25.5. The van der Waals surface area contributed by atoms with Gasteiger partial charge in [0.2, 0.25) is 5.91 Å². The van der Waals surface area contributed by atoms with Crippen LogP contribution < -0.4 is 15.8 Å². The smallest absolute Gasteiger partial charge is 0.292 e. The molecule has 2 aromatic rings. The van der Waals surface area contributed by atoms with Gasteiger partial charge < -0.3 is 10.2 Å². The van der Waals surface area contributed by atoms with Crippen LogP contribution in [0.2, 0.25) is 5.02 Å². The Morgan fingerprint density at radius 2 is 1.95 bits per heavy atom. The van der Waals surface area contributed by atoms with Crippen LogP contribution in [0.5, 0.6) is 0 Å². The van der Waals surface area contributed by atoms with Gasteiger partial charge in [-0.2, -0.15) is 9.78 Å². The lowest BCUT2D eigenvalue weighted by Crippen LogP contribution is -2.48. The highest BCUT2D eigenvalue weighted by atomic mass is 35.5. The number of hydrogen-bond donors (Lipinski definition) is 1. The molecule has 21 heavy (non-hydrogen) atoms. The van der Waals surface area contributed by atoms with E-state index in [9.17, 15) is 9.59 Å². The third kappa shape index (κ3) is 2.62. The highest BCUT2D eigenvalue weighted by molar-refractivity contribution is 6.33. The van der Waals surface area contributed by atoms with Crippen LogP contribution in [0.3, 0.4) is 0 Å². The Labute approximate surface area is 125 Å². The Kier molecular flexibility index (Phi) is 3.62. The maximum Gasteiger partial charge on any atom is 0.292 e. The molecule has 1 aliphatic rings. The van der Waals surface area contributed by atoms with Gasteiger partial charge >= 0.3 is 0 Å². The molecule has 108 valence electrons. The summed E-state index contributed by atoms with van der Waals surface area (Å²) in [6.45, 7) is 1.30. The maximum absolute atomic E-state index is 12.4. The number of halogens is 1. The molecule has 1 aromatic carbocycles. The molecule has 0 saturated carbocycles. The first-order valence-corrected chi connectivity index (χ1v) is 6.89. The first-order valence-electron chi connectivity index (χ1n) is 6.52. The molecule has 0 bridgehead atoms. The third-order valence-corrected chi connectivity index (χ3v) is 3.64. The quantitative estimate of drug-likeness (QED) is 0.892. The Morgan fingerprint density at radius 3 is 2.67 bits per heavy atom. The number of anilines is 1. The molecule has 3 rings (SSSR count). The molecular formula is C14H13ClN4O2. The first kappa shape index (κ1) is 13.6. The van der Waals surface area contributed by atoms with Crippen molar-refractivity contribution in [3.63, 3.8) is 0 Å². The average molecular weight is 305 g/mol. The zero-order chi connectivity index (χ0) is 14.8. The summed E-state index contributed by atoms with van der Waals surface area (Å²) in [5, 5.41) is 6.95. The van der Waals surface area contributed by atoms with Gasteiger partial charge in [0.1, 0.15) is 5.02 Å². The number of carbonyl (C=O) groups excluding carboxylic acids is 1. The fourth-order valence-corrected chi connectivity index (χ4v) is 2.49. The van der Waals surface area contributed by atoms with Crippen molar-refractivity contribution in [3.05, 3.63) is 51.9 Å². The number of carbonyl (C=O) groups is 1. The van der Waals surface area contributed by atoms with Gasteiger partial charge in [0.25, 0.3) is 5.56 Å². The predicted octanol–water partition coefficient (Wildman–Crippen LogP) is 0.822. The van der Waals surface area contributed by atoms with Crippen molar-refractivity contribution in [1.82, 2.24) is 15.1 Å². The average Bonchev–Trinajstić information content (AvgIpc) is 2.51. The third-order valence-electron chi connectivity index (χ3n) is 3.28. The number of para-hydroxylation sites is 1. The summed E-state index contributed by atoms with van der Waals surface area (Å²) in [6.07, 6.45) is 1.52. The second kappa shape index (κ2) is 5.57. The van der Waals surface area contributed by atoms with E-state index in [1.807, 2.05) is 18.2 Å². The molecule has 1 aromatic heterocycles. The topological polar surface area (TPSA) is 67.2 Å². The van der Waals surface area contributed by atoms with Crippen molar-refractivity contribution < 1.29 is 4.79 Å². The summed E-state index contributed by atoms with van der Waals surface area (Å²) in [5.74, 6) is -0.0930.